The van der Waals surface area contributed by atoms with E-state index in [1.807, 2.05) is 4.90 Å². The Bertz CT molecular complexity index is 459. The number of likely N-dealkylation sites (tertiary alicyclic amines) is 1. The molecular formula is C20H39IN4O3. The summed E-state index contributed by atoms with van der Waals surface area (Å²) in [6, 6.07) is 0.273. The number of rotatable bonds is 11. The second kappa shape index (κ2) is 15.3. The highest BCUT2D eigenvalue weighted by Gasteiger charge is 2.32. The van der Waals surface area contributed by atoms with Crippen LogP contribution in [0.2, 0.25) is 0 Å². The number of hydrogen-bond donors (Lipinski definition) is 2. The Kier molecular flexibility index (Phi) is 13.9. The van der Waals surface area contributed by atoms with Crippen molar-refractivity contribution in [3.8, 4) is 0 Å². The molecule has 28 heavy (non-hydrogen) atoms. The van der Waals surface area contributed by atoms with Crippen molar-refractivity contribution in [2.75, 3.05) is 53.1 Å². The number of aliphatic imine (C=N–C) groups is 1. The van der Waals surface area contributed by atoms with Crippen molar-refractivity contribution in [2.45, 2.75) is 57.9 Å². The van der Waals surface area contributed by atoms with Crippen LogP contribution in [0.15, 0.2) is 4.99 Å². The van der Waals surface area contributed by atoms with Gasteiger partial charge in [0.25, 0.3) is 0 Å². The smallest absolute Gasteiger partial charge is 0.225 e. The van der Waals surface area contributed by atoms with E-state index in [0.29, 0.717) is 32.3 Å². The second-order valence-electron chi connectivity index (χ2n) is 7.47. The largest absolute Gasteiger partial charge is 0.379 e. The third-order valence-electron chi connectivity index (χ3n) is 5.32. The normalized spacial score (nSPS) is 20.3. The second-order valence-corrected chi connectivity index (χ2v) is 7.47. The first kappa shape index (κ1) is 25.4. The van der Waals surface area contributed by atoms with E-state index in [4.69, 9.17) is 9.47 Å². The first-order valence-corrected chi connectivity index (χ1v) is 10.7. The standard InChI is InChI=1S/C20H38N4O3.HI/c1-3-4-12-26-14-15-27-13-10-22-20(21-2)23-18-9-11-24(16-18)19(25)17-7-5-6-8-17;/h17-18H,3-16H2,1-2H3,(H2,21,22,23);1H. The fraction of sp³-hybridized carbons (Fsp3) is 0.900. The number of nitrogens with zero attached hydrogens (tertiary/aromatic N) is 2. The molecule has 1 saturated carbocycles. The van der Waals surface area contributed by atoms with Crippen molar-refractivity contribution in [3.05, 3.63) is 0 Å². The highest BCUT2D eigenvalue weighted by Crippen LogP contribution is 2.27. The topological polar surface area (TPSA) is 75.2 Å². The first-order chi connectivity index (χ1) is 13.2. The Morgan fingerprint density at radius 3 is 2.50 bits per heavy atom. The molecule has 164 valence electrons. The molecule has 0 bridgehead atoms. The third kappa shape index (κ3) is 9.26. The summed E-state index contributed by atoms with van der Waals surface area (Å²) >= 11 is 0. The minimum absolute atomic E-state index is 0. The number of nitrogens with one attached hydrogen (secondary N) is 2. The molecule has 2 fully saturated rings. The van der Waals surface area contributed by atoms with E-state index in [1.54, 1.807) is 7.05 Å². The van der Waals surface area contributed by atoms with Gasteiger partial charge in [-0.15, -0.1) is 24.0 Å². The first-order valence-electron chi connectivity index (χ1n) is 10.7. The summed E-state index contributed by atoms with van der Waals surface area (Å²) in [6.07, 6.45) is 7.79. The number of amides is 1. The van der Waals surface area contributed by atoms with Gasteiger partial charge >= 0.3 is 0 Å². The Labute approximate surface area is 187 Å². The van der Waals surface area contributed by atoms with Crippen molar-refractivity contribution in [1.82, 2.24) is 15.5 Å². The van der Waals surface area contributed by atoms with Gasteiger partial charge in [-0.2, -0.15) is 0 Å². The van der Waals surface area contributed by atoms with E-state index in [9.17, 15) is 4.79 Å². The zero-order valence-electron chi connectivity index (χ0n) is 17.6. The Morgan fingerprint density at radius 2 is 1.82 bits per heavy atom. The van der Waals surface area contributed by atoms with Crippen LogP contribution in [-0.4, -0.2) is 75.9 Å². The van der Waals surface area contributed by atoms with Crippen molar-refractivity contribution in [1.29, 1.82) is 0 Å². The zero-order valence-corrected chi connectivity index (χ0v) is 19.9. The van der Waals surface area contributed by atoms with Crippen LogP contribution in [-0.2, 0) is 14.3 Å². The lowest BCUT2D eigenvalue weighted by Crippen LogP contribution is -2.46. The lowest BCUT2D eigenvalue weighted by Gasteiger charge is -2.21. The fourth-order valence-electron chi connectivity index (χ4n) is 3.71. The molecule has 1 aliphatic heterocycles. The maximum Gasteiger partial charge on any atom is 0.225 e. The van der Waals surface area contributed by atoms with E-state index in [2.05, 4.69) is 22.5 Å². The number of ether oxygens (including phenoxy) is 2. The summed E-state index contributed by atoms with van der Waals surface area (Å²) in [5, 5.41) is 6.71. The number of halogens is 1. The predicted molar refractivity (Wildman–Crippen MR) is 123 cm³/mol. The van der Waals surface area contributed by atoms with Crippen LogP contribution in [0.1, 0.15) is 51.9 Å². The van der Waals surface area contributed by atoms with Crippen LogP contribution >= 0.6 is 24.0 Å². The van der Waals surface area contributed by atoms with Crippen LogP contribution in [0.4, 0.5) is 0 Å². The molecule has 1 heterocycles. The Hall–Kier alpha value is -0.610. The summed E-state index contributed by atoms with van der Waals surface area (Å²) < 4.78 is 11.0. The Morgan fingerprint density at radius 1 is 1.11 bits per heavy atom. The molecule has 2 N–H and O–H groups in total. The zero-order chi connectivity index (χ0) is 19.3. The fourth-order valence-corrected chi connectivity index (χ4v) is 3.71. The van der Waals surface area contributed by atoms with Crippen molar-refractivity contribution >= 4 is 35.8 Å². The average molecular weight is 510 g/mol. The van der Waals surface area contributed by atoms with Gasteiger partial charge < -0.3 is 25.0 Å². The molecule has 0 aromatic heterocycles. The van der Waals surface area contributed by atoms with Gasteiger partial charge in [-0.3, -0.25) is 9.79 Å². The SMILES string of the molecule is CCCCOCCOCCNC(=NC)NC1CCN(C(=O)C2CCCC2)C1.I. The molecular weight excluding hydrogens is 471 g/mol. The van der Waals surface area contributed by atoms with Crippen molar-refractivity contribution < 1.29 is 14.3 Å². The lowest BCUT2D eigenvalue weighted by atomic mass is 10.1. The average Bonchev–Trinajstić information content (AvgIpc) is 3.37. The maximum absolute atomic E-state index is 12.5. The molecule has 1 aliphatic carbocycles. The van der Waals surface area contributed by atoms with Crippen LogP contribution < -0.4 is 10.6 Å². The van der Waals surface area contributed by atoms with Gasteiger partial charge in [0, 0.05) is 45.2 Å². The van der Waals surface area contributed by atoms with E-state index in [1.165, 1.54) is 12.8 Å². The molecule has 0 radical (unpaired) electrons. The van der Waals surface area contributed by atoms with Gasteiger partial charge in [-0.1, -0.05) is 26.2 Å². The highest BCUT2D eigenvalue weighted by atomic mass is 127. The summed E-state index contributed by atoms with van der Waals surface area (Å²) in [7, 11) is 1.77. The lowest BCUT2D eigenvalue weighted by molar-refractivity contribution is -0.134. The highest BCUT2D eigenvalue weighted by molar-refractivity contribution is 14.0. The number of unbranched alkanes of at least 4 members (excludes halogenated alkanes) is 1. The number of carbonyl (C=O) groups excluding carboxylic acids is 1. The molecule has 0 spiro atoms. The van der Waals surface area contributed by atoms with Gasteiger partial charge in [-0.25, -0.2) is 0 Å². The summed E-state index contributed by atoms with van der Waals surface area (Å²) in [5.74, 6) is 1.40. The molecule has 0 aromatic rings. The molecule has 2 aliphatic rings. The minimum atomic E-state index is 0. The molecule has 0 aromatic carbocycles. The van der Waals surface area contributed by atoms with E-state index >= 15 is 0 Å². The number of guanidine groups is 1. The van der Waals surface area contributed by atoms with E-state index < -0.39 is 0 Å². The van der Waals surface area contributed by atoms with Crippen molar-refractivity contribution in [2.24, 2.45) is 10.9 Å². The van der Waals surface area contributed by atoms with Gasteiger partial charge in [0.2, 0.25) is 5.91 Å². The molecule has 8 heteroatoms. The molecule has 7 nitrogen and oxygen atoms in total. The van der Waals surface area contributed by atoms with Crippen LogP contribution in [0.3, 0.4) is 0 Å². The van der Waals surface area contributed by atoms with Gasteiger partial charge in [-0.05, 0) is 25.7 Å². The quantitative estimate of drug-likeness (QED) is 0.193. The maximum atomic E-state index is 12.5. The molecule has 1 saturated heterocycles. The predicted octanol–water partition coefficient (Wildman–Crippen LogP) is 2.39. The summed E-state index contributed by atoms with van der Waals surface area (Å²) in [4.78, 5) is 18.8. The van der Waals surface area contributed by atoms with Crippen LogP contribution in [0, 0.1) is 5.92 Å². The van der Waals surface area contributed by atoms with Gasteiger partial charge in [0.1, 0.15) is 0 Å². The molecule has 1 amide bonds. The van der Waals surface area contributed by atoms with Crippen molar-refractivity contribution in [3.63, 3.8) is 0 Å². The van der Waals surface area contributed by atoms with Crippen LogP contribution in [0.25, 0.3) is 0 Å². The van der Waals surface area contributed by atoms with E-state index in [-0.39, 0.29) is 35.9 Å². The molecule has 1 atom stereocenters. The summed E-state index contributed by atoms with van der Waals surface area (Å²) in [6.45, 7) is 7.20. The third-order valence-corrected chi connectivity index (χ3v) is 5.32. The van der Waals surface area contributed by atoms with Gasteiger partial charge in [0.05, 0.1) is 19.8 Å². The number of carbonyl (C=O) groups is 1. The minimum Gasteiger partial charge on any atom is -0.379 e. The molecule has 1 unspecified atom stereocenters. The number of hydrogen-bond acceptors (Lipinski definition) is 4. The van der Waals surface area contributed by atoms with E-state index in [0.717, 1.165) is 57.8 Å². The van der Waals surface area contributed by atoms with Crippen LogP contribution in [0.5, 0.6) is 0 Å². The summed E-state index contributed by atoms with van der Waals surface area (Å²) in [5.41, 5.74) is 0. The monoisotopic (exact) mass is 510 g/mol. The Balaban J connectivity index is 0.00000392. The molecule has 2 rings (SSSR count). The van der Waals surface area contributed by atoms with Gasteiger partial charge in [0.15, 0.2) is 5.96 Å².